The number of nitrogens with two attached hydrogens (primary N) is 1. The van der Waals surface area contributed by atoms with E-state index in [9.17, 15) is 0 Å². The van der Waals surface area contributed by atoms with E-state index in [0.29, 0.717) is 12.1 Å². The molecule has 0 atom stereocenters. The first-order valence-corrected chi connectivity index (χ1v) is 10.8. The Morgan fingerprint density at radius 2 is 2.00 bits per heavy atom. The molecule has 4 nitrogen and oxygen atoms in total. The lowest BCUT2D eigenvalue weighted by Gasteiger charge is -2.38. The van der Waals surface area contributed by atoms with Crippen LogP contribution in [0.25, 0.3) is 10.9 Å². The van der Waals surface area contributed by atoms with E-state index in [2.05, 4.69) is 33.9 Å². The molecule has 2 aromatic heterocycles. The molecule has 1 fully saturated rings. The normalized spacial score (nSPS) is 20.1. The molecule has 3 aromatic rings. The first kappa shape index (κ1) is 18.7. The maximum absolute atomic E-state index is 6.19. The number of pyridine rings is 1. The fourth-order valence-electron chi connectivity index (χ4n) is 4.06. The fraction of sp³-hybridized carbons (Fsp3) is 0.429. The van der Waals surface area contributed by atoms with Gasteiger partial charge in [-0.2, -0.15) is 0 Å². The van der Waals surface area contributed by atoms with Gasteiger partial charge >= 0.3 is 0 Å². The summed E-state index contributed by atoms with van der Waals surface area (Å²) in [6.07, 6.45) is 7.37. The molecule has 1 aliphatic rings. The van der Waals surface area contributed by atoms with Crippen LogP contribution in [0, 0.1) is 6.92 Å². The van der Waals surface area contributed by atoms with Crippen LogP contribution in [0.3, 0.4) is 0 Å². The fourth-order valence-corrected chi connectivity index (χ4v) is 4.99. The number of anilines is 1. The van der Waals surface area contributed by atoms with Gasteiger partial charge in [0.15, 0.2) is 0 Å². The number of hydrogen-bond donors (Lipinski definition) is 1. The van der Waals surface area contributed by atoms with E-state index >= 15 is 0 Å². The van der Waals surface area contributed by atoms with Gasteiger partial charge in [-0.3, -0.25) is 4.98 Å². The molecule has 2 heterocycles. The number of thiazole rings is 1. The van der Waals surface area contributed by atoms with Crippen LogP contribution in [0.1, 0.15) is 36.3 Å². The van der Waals surface area contributed by atoms with Gasteiger partial charge in [-0.25, -0.2) is 4.98 Å². The summed E-state index contributed by atoms with van der Waals surface area (Å²) in [6.45, 7) is 3.07. The molecule has 0 amide bonds. The van der Waals surface area contributed by atoms with Crippen LogP contribution in [0.15, 0.2) is 36.0 Å². The Kier molecular flexibility index (Phi) is 5.62. The lowest BCUT2D eigenvalue weighted by atomic mass is 9.90. The third kappa shape index (κ3) is 4.10. The molecular weight excluding hydrogens is 376 g/mol. The van der Waals surface area contributed by atoms with Crippen LogP contribution < -0.4 is 10.6 Å². The van der Waals surface area contributed by atoms with Crippen molar-refractivity contribution >= 4 is 39.5 Å². The number of benzene rings is 1. The van der Waals surface area contributed by atoms with Crippen LogP contribution in [0.4, 0.5) is 5.69 Å². The van der Waals surface area contributed by atoms with Crippen molar-refractivity contribution in [3.05, 3.63) is 51.6 Å². The van der Waals surface area contributed by atoms with Crippen molar-refractivity contribution in [2.45, 2.75) is 51.1 Å². The summed E-state index contributed by atoms with van der Waals surface area (Å²) < 4.78 is 0. The summed E-state index contributed by atoms with van der Waals surface area (Å²) in [5.74, 6) is 0. The molecule has 1 saturated carbocycles. The maximum Gasteiger partial charge on any atom is 0.0797 e. The average molecular weight is 401 g/mol. The van der Waals surface area contributed by atoms with Crippen LogP contribution in [-0.4, -0.2) is 28.6 Å². The van der Waals surface area contributed by atoms with E-state index in [0.717, 1.165) is 60.3 Å². The van der Waals surface area contributed by atoms with Gasteiger partial charge in [-0.05, 0) is 56.9 Å². The maximum atomic E-state index is 6.19. The molecule has 0 radical (unpaired) electrons. The predicted octanol–water partition coefficient (Wildman–Crippen LogP) is 4.97. The van der Waals surface area contributed by atoms with Gasteiger partial charge in [0.1, 0.15) is 0 Å². The third-order valence-corrected chi connectivity index (χ3v) is 6.83. The van der Waals surface area contributed by atoms with E-state index in [1.165, 1.54) is 10.6 Å². The van der Waals surface area contributed by atoms with E-state index in [1.807, 2.05) is 23.8 Å². The summed E-state index contributed by atoms with van der Waals surface area (Å²) in [5, 5.41) is 1.89. The number of halogens is 1. The van der Waals surface area contributed by atoms with Gasteiger partial charge < -0.3 is 10.6 Å². The minimum Gasteiger partial charge on any atom is -0.368 e. The van der Waals surface area contributed by atoms with Crippen molar-refractivity contribution in [2.75, 3.05) is 11.4 Å². The van der Waals surface area contributed by atoms with E-state index in [1.54, 1.807) is 11.3 Å². The predicted molar refractivity (Wildman–Crippen MR) is 115 cm³/mol. The number of aryl methyl sites for hydroxylation is 1. The van der Waals surface area contributed by atoms with Crippen molar-refractivity contribution in [1.29, 1.82) is 0 Å². The zero-order chi connectivity index (χ0) is 18.8. The minimum absolute atomic E-state index is 0.347. The molecule has 0 spiro atoms. The first-order chi connectivity index (χ1) is 13.1. The number of nitrogens with zero attached hydrogens (tertiary/aromatic N) is 3. The van der Waals surface area contributed by atoms with E-state index in [-0.39, 0.29) is 0 Å². The third-order valence-electron chi connectivity index (χ3n) is 5.60. The topological polar surface area (TPSA) is 55.0 Å². The SMILES string of the molecule is Cc1ncsc1CCN(c1ccnc2cc(Cl)ccc12)C1CCC(N)CC1. The Labute approximate surface area is 169 Å². The Hall–Kier alpha value is -1.69. The second-order valence-corrected chi connectivity index (χ2v) is 8.74. The van der Waals surface area contributed by atoms with Crippen molar-refractivity contribution in [1.82, 2.24) is 9.97 Å². The molecule has 27 heavy (non-hydrogen) atoms. The highest BCUT2D eigenvalue weighted by molar-refractivity contribution is 7.09. The van der Waals surface area contributed by atoms with Gasteiger partial charge in [-0.1, -0.05) is 11.6 Å². The highest BCUT2D eigenvalue weighted by Gasteiger charge is 2.26. The number of aromatic nitrogens is 2. The van der Waals surface area contributed by atoms with Gasteiger partial charge in [0.25, 0.3) is 0 Å². The smallest absolute Gasteiger partial charge is 0.0797 e. The van der Waals surface area contributed by atoms with Crippen LogP contribution in [0.2, 0.25) is 5.02 Å². The monoisotopic (exact) mass is 400 g/mol. The van der Waals surface area contributed by atoms with Gasteiger partial charge in [0, 0.05) is 52.2 Å². The minimum atomic E-state index is 0.347. The summed E-state index contributed by atoms with van der Waals surface area (Å²) >= 11 is 7.94. The number of fused-ring (bicyclic) bond motifs is 1. The lowest BCUT2D eigenvalue weighted by Crippen LogP contribution is -2.42. The Morgan fingerprint density at radius 1 is 1.19 bits per heavy atom. The summed E-state index contributed by atoms with van der Waals surface area (Å²) in [5.41, 5.74) is 11.5. The van der Waals surface area contributed by atoms with E-state index in [4.69, 9.17) is 17.3 Å². The zero-order valence-corrected chi connectivity index (χ0v) is 17.1. The summed E-state index contributed by atoms with van der Waals surface area (Å²) in [4.78, 5) is 12.9. The van der Waals surface area contributed by atoms with Crippen molar-refractivity contribution in [3.8, 4) is 0 Å². The van der Waals surface area contributed by atoms with Crippen molar-refractivity contribution < 1.29 is 0 Å². The molecule has 4 rings (SSSR count). The molecule has 1 aromatic carbocycles. The number of hydrogen-bond acceptors (Lipinski definition) is 5. The van der Waals surface area contributed by atoms with E-state index < -0.39 is 0 Å². The highest BCUT2D eigenvalue weighted by Crippen LogP contribution is 2.33. The molecule has 1 aliphatic carbocycles. The molecular formula is C21H25ClN4S. The lowest BCUT2D eigenvalue weighted by molar-refractivity contribution is 0.376. The van der Waals surface area contributed by atoms with Gasteiger partial charge in [-0.15, -0.1) is 11.3 Å². The molecule has 6 heteroatoms. The standard InChI is InChI=1S/C21H25ClN4S/c1-14-21(27-13-25-14)9-11-26(17-5-3-16(23)4-6-17)20-8-10-24-19-12-15(22)2-7-18(19)20/h2,7-8,10,12-13,16-17H,3-6,9,11,23H2,1H3. The average Bonchev–Trinajstić information content (AvgIpc) is 3.08. The summed E-state index contributed by atoms with van der Waals surface area (Å²) in [7, 11) is 0. The van der Waals surface area contributed by atoms with Crippen LogP contribution >= 0.6 is 22.9 Å². The Morgan fingerprint density at radius 3 is 2.74 bits per heavy atom. The van der Waals surface area contributed by atoms with Crippen molar-refractivity contribution in [3.63, 3.8) is 0 Å². The molecule has 0 bridgehead atoms. The molecule has 2 N–H and O–H groups in total. The Bertz CT molecular complexity index is 917. The molecule has 0 unspecified atom stereocenters. The molecule has 0 saturated heterocycles. The highest BCUT2D eigenvalue weighted by atomic mass is 35.5. The van der Waals surface area contributed by atoms with Crippen LogP contribution in [0.5, 0.6) is 0 Å². The summed E-state index contributed by atoms with van der Waals surface area (Å²) in [6, 6.07) is 9.00. The molecule has 0 aliphatic heterocycles. The quantitative estimate of drug-likeness (QED) is 0.656. The zero-order valence-electron chi connectivity index (χ0n) is 15.6. The van der Waals surface area contributed by atoms with Gasteiger partial charge in [0.2, 0.25) is 0 Å². The second-order valence-electron chi connectivity index (χ2n) is 7.36. The number of rotatable bonds is 5. The first-order valence-electron chi connectivity index (χ1n) is 9.57. The van der Waals surface area contributed by atoms with Gasteiger partial charge in [0.05, 0.1) is 16.7 Å². The van der Waals surface area contributed by atoms with Crippen LogP contribution in [-0.2, 0) is 6.42 Å². The Balaban J connectivity index is 1.68. The van der Waals surface area contributed by atoms with Crippen molar-refractivity contribution in [2.24, 2.45) is 5.73 Å². The molecule has 142 valence electrons. The second kappa shape index (κ2) is 8.13. The largest absolute Gasteiger partial charge is 0.368 e.